The van der Waals surface area contributed by atoms with Crippen LogP contribution in [0.1, 0.15) is 56.2 Å². The number of piperazine rings is 1. The van der Waals surface area contributed by atoms with E-state index in [9.17, 15) is 4.79 Å². The summed E-state index contributed by atoms with van der Waals surface area (Å²) in [4.78, 5) is 25.7. The number of aromatic nitrogens is 2. The highest BCUT2D eigenvalue weighted by molar-refractivity contribution is 5.76. The Bertz CT molecular complexity index is 590. The van der Waals surface area contributed by atoms with Crippen molar-refractivity contribution in [1.82, 2.24) is 20.2 Å². The first-order valence-corrected chi connectivity index (χ1v) is 10.2. The van der Waals surface area contributed by atoms with Crippen molar-refractivity contribution < 1.29 is 4.79 Å². The predicted octanol–water partition coefficient (Wildman–Crippen LogP) is 2.44. The number of anilines is 1. The number of aryl methyl sites for hydroxylation is 1. The number of rotatable bonds is 5. The molecule has 0 radical (unpaired) electrons. The minimum Gasteiger partial charge on any atom is -0.354 e. The molecule has 1 amide bonds. The molecule has 6 nitrogen and oxygen atoms in total. The summed E-state index contributed by atoms with van der Waals surface area (Å²) in [7, 11) is 0. The first-order chi connectivity index (χ1) is 12.6. The molecule has 1 aromatic heterocycles. The lowest BCUT2D eigenvalue weighted by atomic mass is 10.1. The Morgan fingerprint density at radius 3 is 2.46 bits per heavy atom. The van der Waals surface area contributed by atoms with Gasteiger partial charge in [-0.05, 0) is 26.7 Å². The lowest BCUT2D eigenvalue weighted by Crippen LogP contribution is -2.48. The number of carbonyl (C=O) groups is 1. The molecule has 0 spiro atoms. The fourth-order valence-electron chi connectivity index (χ4n) is 4.01. The zero-order valence-electron chi connectivity index (χ0n) is 16.3. The van der Waals surface area contributed by atoms with Gasteiger partial charge < -0.3 is 10.2 Å². The van der Waals surface area contributed by atoms with Crippen molar-refractivity contribution in [1.29, 1.82) is 0 Å². The second kappa shape index (κ2) is 9.31. The molecule has 1 saturated carbocycles. The molecule has 0 unspecified atom stereocenters. The van der Waals surface area contributed by atoms with Crippen molar-refractivity contribution in [3.05, 3.63) is 17.6 Å². The number of nitrogens with zero attached hydrogens (tertiary/aromatic N) is 4. The molecular weight excluding hydrogens is 326 g/mol. The van der Waals surface area contributed by atoms with Gasteiger partial charge in [0.2, 0.25) is 5.91 Å². The first-order valence-electron chi connectivity index (χ1n) is 10.2. The van der Waals surface area contributed by atoms with Crippen LogP contribution < -0.4 is 10.2 Å². The summed E-state index contributed by atoms with van der Waals surface area (Å²) in [5, 5.41) is 3.25. The summed E-state index contributed by atoms with van der Waals surface area (Å²) in [6.45, 7) is 8.87. The maximum atomic E-state index is 12.3. The van der Waals surface area contributed by atoms with Crippen molar-refractivity contribution in [3.8, 4) is 0 Å². The monoisotopic (exact) mass is 359 g/mol. The van der Waals surface area contributed by atoms with E-state index in [-0.39, 0.29) is 5.91 Å². The molecule has 6 heteroatoms. The molecule has 0 atom stereocenters. The summed E-state index contributed by atoms with van der Waals surface area (Å²) in [5.74, 6) is 1.28. The maximum absolute atomic E-state index is 12.3. The summed E-state index contributed by atoms with van der Waals surface area (Å²) in [6.07, 6.45) is 9.74. The quantitative estimate of drug-likeness (QED) is 0.818. The van der Waals surface area contributed by atoms with Crippen LogP contribution in [0.25, 0.3) is 0 Å². The zero-order chi connectivity index (χ0) is 18.4. The van der Waals surface area contributed by atoms with Gasteiger partial charge in [0.25, 0.3) is 0 Å². The predicted molar refractivity (Wildman–Crippen MR) is 104 cm³/mol. The fraction of sp³-hybridized carbons (Fsp3) is 0.750. The average Bonchev–Trinajstić information content (AvgIpc) is 2.91. The highest BCUT2D eigenvalue weighted by Gasteiger charge is 2.21. The Morgan fingerprint density at radius 2 is 1.77 bits per heavy atom. The van der Waals surface area contributed by atoms with Gasteiger partial charge in [0.15, 0.2) is 0 Å². The molecule has 2 aliphatic rings. The molecule has 0 bridgehead atoms. The second-order valence-corrected chi connectivity index (χ2v) is 7.74. The maximum Gasteiger partial charge on any atom is 0.221 e. The highest BCUT2D eigenvalue weighted by Crippen LogP contribution is 2.20. The second-order valence-electron chi connectivity index (χ2n) is 7.74. The molecule has 26 heavy (non-hydrogen) atoms. The van der Waals surface area contributed by atoms with Gasteiger partial charge in [-0.1, -0.05) is 25.7 Å². The molecule has 1 N–H and O–H groups in total. The molecule has 1 saturated heterocycles. The Balaban J connectivity index is 1.40. The van der Waals surface area contributed by atoms with Crippen LogP contribution in [-0.2, 0) is 4.79 Å². The Kier molecular flexibility index (Phi) is 6.83. The standard InChI is InChI=1S/C20H33N5O/c1-16-17(2)21-15-22-20(16)25-13-11-24(12-14-25)10-9-19(26)23-18-7-5-3-4-6-8-18/h15,18H,3-14H2,1-2H3,(H,23,26). The molecule has 0 aromatic carbocycles. The van der Waals surface area contributed by atoms with Crippen LogP contribution in [-0.4, -0.2) is 59.5 Å². The van der Waals surface area contributed by atoms with Crippen LogP contribution in [0.3, 0.4) is 0 Å². The van der Waals surface area contributed by atoms with Crippen LogP contribution in [0, 0.1) is 13.8 Å². The number of nitrogens with one attached hydrogen (secondary N) is 1. The van der Waals surface area contributed by atoms with E-state index in [1.807, 2.05) is 6.92 Å². The number of carbonyl (C=O) groups excluding carboxylic acids is 1. The SMILES string of the molecule is Cc1ncnc(N2CCN(CCC(=O)NC3CCCCCC3)CC2)c1C. The summed E-state index contributed by atoms with van der Waals surface area (Å²) in [5.41, 5.74) is 2.22. The van der Waals surface area contributed by atoms with Crippen LogP contribution in [0.5, 0.6) is 0 Å². The molecular formula is C20H33N5O. The minimum atomic E-state index is 0.224. The van der Waals surface area contributed by atoms with Gasteiger partial charge in [0.1, 0.15) is 12.1 Å². The molecule has 144 valence electrons. The van der Waals surface area contributed by atoms with Gasteiger partial charge in [-0.2, -0.15) is 0 Å². The minimum absolute atomic E-state index is 0.224. The molecule has 3 rings (SSSR count). The topological polar surface area (TPSA) is 61.4 Å². The van der Waals surface area contributed by atoms with Gasteiger partial charge in [0, 0.05) is 56.4 Å². The fourth-order valence-corrected chi connectivity index (χ4v) is 4.01. The van der Waals surface area contributed by atoms with E-state index >= 15 is 0 Å². The van der Waals surface area contributed by atoms with Gasteiger partial charge in [-0.15, -0.1) is 0 Å². The average molecular weight is 360 g/mol. The third-order valence-corrected chi connectivity index (χ3v) is 5.86. The van der Waals surface area contributed by atoms with Gasteiger partial charge >= 0.3 is 0 Å². The molecule has 1 aromatic rings. The number of hydrogen-bond acceptors (Lipinski definition) is 5. The van der Waals surface area contributed by atoms with Gasteiger partial charge in [-0.3, -0.25) is 9.69 Å². The third kappa shape index (κ3) is 5.16. The van der Waals surface area contributed by atoms with Crippen molar-refractivity contribution in [2.45, 2.75) is 64.8 Å². The van der Waals surface area contributed by atoms with Crippen molar-refractivity contribution >= 4 is 11.7 Å². The van der Waals surface area contributed by atoms with E-state index in [1.165, 1.54) is 31.2 Å². The van der Waals surface area contributed by atoms with Crippen LogP contribution in [0.2, 0.25) is 0 Å². The first kappa shape index (κ1) is 19.1. The van der Waals surface area contributed by atoms with E-state index in [2.05, 4.69) is 32.0 Å². The van der Waals surface area contributed by atoms with E-state index in [0.717, 1.165) is 57.1 Å². The lowest BCUT2D eigenvalue weighted by molar-refractivity contribution is -0.122. The van der Waals surface area contributed by atoms with E-state index in [0.29, 0.717) is 12.5 Å². The molecule has 1 aliphatic carbocycles. The Morgan fingerprint density at radius 1 is 1.08 bits per heavy atom. The Hall–Kier alpha value is -1.69. The summed E-state index contributed by atoms with van der Waals surface area (Å²) < 4.78 is 0. The lowest BCUT2D eigenvalue weighted by Gasteiger charge is -2.36. The normalized spacial score (nSPS) is 20.0. The van der Waals surface area contributed by atoms with Crippen LogP contribution >= 0.6 is 0 Å². The van der Waals surface area contributed by atoms with Crippen molar-refractivity contribution in [2.24, 2.45) is 0 Å². The number of hydrogen-bond donors (Lipinski definition) is 1. The zero-order valence-corrected chi connectivity index (χ0v) is 16.3. The highest BCUT2D eigenvalue weighted by atomic mass is 16.1. The third-order valence-electron chi connectivity index (χ3n) is 5.86. The van der Waals surface area contributed by atoms with Crippen LogP contribution in [0.15, 0.2) is 6.33 Å². The largest absolute Gasteiger partial charge is 0.354 e. The Labute approximate surface area is 157 Å². The van der Waals surface area contributed by atoms with E-state index in [1.54, 1.807) is 6.33 Å². The van der Waals surface area contributed by atoms with E-state index < -0.39 is 0 Å². The van der Waals surface area contributed by atoms with Gasteiger partial charge in [-0.25, -0.2) is 9.97 Å². The van der Waals surface area contributed by atoms with E-state index in [4.69, 9.17) is 0 Å². The molecule has 2 fully saturated rings. The summed E-state index contributed by atoms with van der Waals surface area (Å²) >= 11 is 0. The molecule has 2 heterocycles. The van der Waals surface area contributed by atoms with Crippen molar-refractivity contribution in [2.75, 3.05) is 37.6 Å². The van der Waals surface area contributed by atoms with Crippen molar-refractivity contribution in [3.63, 3.8) is 0 Å². The van der Waals surface area contributed by atoms with Gasteiger partial charge in [0.05, 0.1) is 0 Å². The molecule has 1 aliphatic heterocycles. The smallest absolute Gasteiger partial charge is 0.221 e. The number of amides is 1. The summed E-state index contributed by atoms with van der Waals surface area (Å²) in [6, 6.07) is 0.408. The van der Waals surface area contributed by atoms with Crippen LogP contribution in [0.4, 0.5) is 5.82 Å².